The van der Waals surface area contributed by atoms with Crippen molar-refractivity contribution >= 4 is 33.7 Å². The van der Waals surface area contributed by atoms with E-state index in [1.807, 2.05) is 12.3 Å². The number of thiazole rings is 1. The first-order valence-electron chi connectivity index (χ1n) is 4.21. The van der Waals surface area contributed by atoms with Gasteiger partial charge in [-0.25, -0.2) is 4.98 Å². The number of hydrogen-bond acceptors (Lipinski definition) is 6. The van der Waals surface area contributed by atoms with E-state index < -0.39 is 0 Å². The van der Waals surface area contributed by atoms with Gasteiger partial charge in [0.1, 0.15) is 5.01 Å². The number of rotatable bonds is 3. The first-order chi connectivity index (χ1) is 7.24. The van der Waals surface area contributed by atoms with Gasteiger partial charge in [0.05, 0.1) is 17.6 Å². The molecule has 7 heteroatoms. The average Bonchev–Trinajstić information content (AvgIpc) is 2.77. The molecule has 2 heterocycles. The summed E-state index contributed by atoms with van der Waals surface area (Å²) >= 11 is 2.83. The minimum atomic E-state index is -0.114. The highest BCUT2D eigenvalue weighted by Crippen LogP contribution is 2.13. The van der Waals surface area contributed by atoms with Crippen LogP contribution in [0.4, 0.5) is 5.13 Å². The van der Waals surface area contributed by atoms with E-state index in [1.165, 1.54) is 22.7 Å². The van der Waals surface area contributed by atoms with E-state index in [9.17, 15) is 4.79 Å². The van der Waals surface area contributed by atoms with Gasteiger partial charge in [-0.05, 0) is 6.92 Å². The predicted octanol–water partition coefficient (Wildman–Crippen LogP) is 1.48. The number of anilines is 1. The third-order valence-corrected chi connectivity index (χ3v) is 2.99. The quantitative estimate of drug-likeness (QED) is 0.882. The first-order valence-corrected chi connectivity index (χ1v) is 5.97. The molecule has 1 N–H and O–H groups in total. The Labute approximate surface area is 94.2 Å². The van der Waals surface area contributed by atoms with E-state index in [1.54, 1.807) is 5.51 Å². The van der Waals surface area contributed by atoms with E-state index >= 15 is 0 Å². The van der Waals surface area contributed by atoms with Gasteiger partial charge in [-0.3, -0.25) is 4.79 Å². The van der Waals surface area contributed by atoms with E-state index in [2.05, 4.69) is 20.5 Å². The van der Waals surface area contributed by atoms with Crippen molar-refractivity contribution in [3.63, 3.8) is 0 Å². The lowest BCUT2D eigenvalue weighted by Gasteiger charge is -1.97. The summed E-state index contributed by atoms with van der Waals surface area (Å²) in [4.78, 5) is 15.5. The van der Waals surface area contributed by atoms with Gasteiger partial charge in [0.2, 0.25) is 11.0 Å². The minimum absolute atomic E-state index is 0.114. The highest BCUT2D eigenvalue weighted by molar-refractivity contribution is 7.15. The molecule has 0 bridgehead atoms. The van der Waals surface area contributed by atoms with Gasteiger partial charge < -0.3 is 5.32 Å². The van der Waals surface area contributed by atoms with Crippen LogP contribution in [0.1, 0.15) is 10.7 Å². The van der Waals surface area contributed by atoms with E-state index in [0.29, 0.717) is 5.13 Å². The number of aryl methyl sites for hydroxylation is 1. The number of nitrogens with zero attached hydrogens (tertiary/aromatic N) is 3. The second-order valence-corrected chi connectivity index (χ2v) is 4.73. The van der Waals surface area contributed by atoms with Crippen molar-refractivity contribution in [1.82, 2.24) is 15.2 Å². The molecule has 2 aromatic heterocycles. The van der Waals surface area contributed by atoms with Crippen molar-refractivity contribution in [3.8, 4) is 0 Å². The Bertz CT molecular complexity index is 451. The van der Waals surface area contributed by atoms with Gasteiger partial charge in [-0.15, -0.1) is 21.5 Å². The zero-order chi connectivity index (χ0) is 10.7. The maximum Gasteiger partial charge on any atom is 0.232 e. The van der Waals surface area contributed by atoms with E-state index in [-0.39, 0.29) is 12.3 Å². The van der Waals surface area contributed by atoms with Gasteiger partial charge in [-0.2, -0.15) is 0 Å². The molecule has 2 aromatic rings. The zero-order valence-electron chi connectivity index (χ0n) is 7.93. The minimum Gasteiger partial charge on any atom is -0.300 e. The topological polar surface area (TPSA) is 67.8 Å². The molecular weight excluding hydrogens is 232 g/mol. The van der Waals surface area contributed by atoms with Crippen LogP contribution in [0.3, 0.4) is 0 Å². The Morgan fingerprint density at radius 2 is 2.40 bits per heavy atom. The Morgan fingerprint density at radius 1 is 1.53 bits per heavy atom. The summed E-state index contributed by atoms with van der Waals surface area (Å²) in [6, 6.07) is 0. The molecular formula is C8H8N4OS2. The fourth-order valence-electron chi connectivity index (χ4n) is 1.000. The molecule has 0 aliphatic rings. The number of aromatic nitrogens is 3. The van der Waals surface area contributed by atoms with Crippen molar-refractivity contribution in [3.05, 3.63) is 21.6 Å². The molecule has 0 radical (unpaired) electrons. The number of amides is 1. The maximum atomic E-state index is 11.5. The molecule has 2 rings (SSSR count). The van der Waals surface area contributed by atoms with Crippen LogP contribution in [0.15, 0.2) is 10.9 Å². The molecule has 0 unspecified atom stereocenters. The molecule has 15 heavy (non-hydrogen) atoms. The Morgan fingerprint density at radius 3 is 3.00 bits per heavy atom. The van der Waals surface area contributed by atoms with Crippen LogP contribution in [-0.4, -0.2) is 21.1 Å². The third kappa shape index (κ3) is 2.80. The Hall–Kier alpha value is -1.34. The highest BCUT2D eigenvalue weighted by atomic mass is 32.1. The number of hydrogen-bond donors (Lipinski definition) is 1. The molecule has 0 aliphatic heterocycles. The summed E-state index contributed by atoms with van der Waals surface area (Å²) in [7, 11) is 0. The van der Waals surface area contributed by atoms with Gasteiger partial charge in [0, 0.05) is 5.38 Å². The normalized spacial score (nSPS) is 10.2. The second-order valence-electron chi connectivity index (χ2n) is 2.83. The Balaban J connectivity index is 1.93. The molecule has 0 saturated heterocycles. The smallest absolute Gasteiger partial charge is 0.232 e. The summed E-state index contributed by atoms with van der Waals surface area (Å²) in [6.07, 6.45) is 0.280. The standard InChI is InChI=1S/C8H8N4OS2/c1-5-11-12-8(15-5)10-7(13)2-6-3-14-4-9-6/h3-4H,2H2,1H3,(H,10,12,13). The summed E-state index contributed by atoms with van der Waals surface area (Å²) in [5.41, 5.74) is 2.48. The van der Waals surface area contributed by atoms with E-state index in [0.717, 1.165) is 10.7 Å². The molecule has 0 aromatic carbocycles. The third-order valence-electron chi connectivity index (χ3n) is 1.60. The lowest BCUT2D eigenvalue weighted by atomic mass is 10.3. The van der Waals surface area contributed by atoms with Crippen LogP contribution in [-0.2, 0) is 11.2 Å². The number of carbonyl (C=O) groups is 1. The molecule has 5 nitrogen and oxygen atoms in total. The van der Waals surface area contributed by atoms with Crippen LogP contribution in [0.2, 0.25) is 0 Å². The molecule has 0 aliphatic carbocycles. The summed E-state index contributed by atoms with van der Waals surface area (Å²) in [5, 5.41) is 13.5. The molecule has 0 atom stereocenters. The van der Waals surface area contributed by atoms with Gasteiger partial charge in [-0.1, -0.05) is 11.3 Å². The van der Waals surface area contributed by atoms with E-state index in [4.69, 9.17) is 0 Å². The van der Waals surface area contributed by atoms with Crippen molar-refractivity contribution in [2.24, 2.45) is 0 Å². The van der Waals surface area contributed by atoms with Crippen LogP contribution >= 0.6 is 22.7 Å². The van der Waals surface area contributed by atoms with Crippen LogP contribution < -0.4 is 5.32 Å². The second kappa shape index (κ2) is 4.45. The monoisotopic (exact) mass is 240 g/mol. The average molecular weight is 240 g/mol. The largest absolute Gasteiger partial charge is 0.300 e. The number of nitrogens with one attached hydrogen (secondary N) is 1. The summed E-state index contributed by atoms with van der Waals surface area (Å²) in [5.74, 6) is -0.114. The summed E-state index contributed by atoms with van der Waals surface area (Å²) in [6.45, 7) is 1.84. The fourth-order valence-corrected chi connectivity index (χ4v) is 2.17. The highest BCUT2D eigenvalue weighted by Gasteiger charge is 2.08. The van der Waals surface area contributed by atoms with Crippen molar-refractivity contribution in [2.75, 3.05) is 5.32 Å². The van der Waals surface area contributed by atoms with Crippen molar-refractivity contribution in [2.45, 2.75) is 13.3 Å². The fraction of sp³-hybridized carbons (Fsp3) is 0.250. The number of carbonyl (C=O) groups excluding carboxylic acids is 1. The Kier molecular flexibility index (Phi) is 3.02. The zero-order valence-corrected chi connectivity index (χ0v) is 9.56. The molecule has 0 fully saturated rings. The first kappa shape index (κ1) is 10.2. The lowest BCUT2D eigenvalue weighted by molar-refractivity contribution is -0.115. The predicted molar refractivity (Wildman–Crippen MR) is 59.1 cm³/mol. The lowest BCUT2D eigenvalue weighted by Crippen LogP contribution is -2.14. The van der Waals surface area contributed by atoms with Crippen LogP contribution in [0, 0.1) is 6.92 Å². The molecule has 0 saturated carbocycles. The van der Waals surface area contributed by atoms with Crippen LogP contribution in [0.25, 0.3) is 0 Å². The summed E-state index contributed by atoms with van der Waals surface area (Å²) < 4.78 is 0. The molecule has 0 spiro atoms. The van der Waals surface area contributed by atoms with Gasteiger partial charge >= 0.3 is 0 Å². The molecule has 1 amide bonds. The van der Waals surface area contributed by atoms with Crippen molar-refractivity contribution < 1.29 is 4.79 Å². The van der Waals surface area contributed by atoms with Gasteiger partial charge in [0.25, 0.3) is 0 Å². The SMILES string of the molecule is Cc1nnc(NC(=O)Cc2cscn2)s1. The van der Waals surface area contributed by atoms with Crippen molar-refractivity contribution in [1.29, 1.82) is 0 Å². The van der Waals surface area contributed by atoms with Gasteiger partial charge in [0.15, 0.2) is 0 Å². The maximum absolute atomic E-state index is 11.5. The van der Waals surface area contributed by atoms with Crippen LogP contribution in [0.5, 0.6) is 0 Å². The molecule has 78 valence electrons.